The maximum Gasteiger partial charge on any atom is 0.312 e. The molecule has 0 radical (unpaired) electrons. The molecule has 0 saturated carbocycles. The van der Waals surface area contributed by atoms with E-state index in [1.54, 1.807) is 17.2 Å². The maximum atomic E-state index is 11.8. The number of aromatic nitrogens is 1. The predicted octanol–water partition coefficient (Wildman–Crippen LogP) is -0.392. The zero-order valence-electron chi connectivity index (χ0n) is 13.9. The van der Waals surface area contributed by atoms with Gasteiger partial charge in [-0.3, -0.25) is 24.1 Å². The molecule has 0 aliphatic carbocycles. The molecule has 3 amide bonds. The number of hydrogen-bond donors (Lipinski definition) is 2. The van der Waals surface area contributed by atoms with Gasteiger partial charge in [0.1, 0.15) is 0 Å². The Balaban J connectivity index is 1.71. The third kappa shape index (κ3) is 5.82. The Labute approximate surface area is 148 Å². The third-order valence-electron chi connectivity index (χ3n) is 3.35. The summed E-state index contributed by atoms with van der Waals surface area (Å²) in [5, 5.41) is 7.14. The topological polar surface area (TPSA) is 118 Å². The van der Waals surface area contributed by atoms with Crippen LogP contribution in [0.1, 0.15) is 25.5 Å². The molecule has 1 aromatic rings. The number of anilines is 1. The van der Waals surface area contributed by atoms with Crippen molar-refractivity contribution in [3.63, 3.8) is 0 Å². The number of likely N-dealkylation sites (N-methyl/N-ethyl adjacent to an activating group) is 1. The molecule has 2 rings (SSSR count). The highest BCUT2D eigenvalue weighted by Crippen LogP contribution is 2.25. The molecule has 0 atom stereocenters. The number of hydrogen-bond acceptors (Lipinski definition) is 7. The summed E-state index contributed by atoms with van der Waals surface area (Å²) < 4.78 is 4.86. The van der Waals surface area contributed by atoms with E-state index in [2.05, 4.69) is 15.6 Å². The van der Waals surface area contributed by atoms with Crippen molar-refractivity contribution < 1.29 is 23.9 Å². The molecule has 9 nitrogen and oxygen atoms in total. The first-order chi connectivity index (χ1) is 12.0. The van der Waals surface area contributed by atoms with Crippen molar-refractivity contribution in [1.82, 2.24) is 15.6 Å². The van der Waals surface area contributed by atoms with Crippen molar-refractivity contribution in [2.45, 2.75) is 26.2 Å². The Morgan fingerprint density at radius 3 is 2.80 bits per heavy atom. The summed E-state index contributed by atoms with van der Waals surface area (Å²) in [5.74, 6) is -1.43. The van der Waals surface area contributed by atoms with Crippen LogP contribution in [0.3, 0.4) is 0 Å². The minimum Gasteiger partial charge on any atom is -0.455 e. The zero-order chi connectivity index (χ0) is 18.2. The molecule has 2 heterocycles. The SMILES string of the molecule is CCNC(=O)CNC(=O)COC(=O)Cc1csc(N2CCCC2=O)n1. The maximum absolute atomic E-state index is 11.8. The molecule has 10 heteroatoms. The number of rotatable bonds is 8. The highest BCUT2D eigenvalue weighted by molar-refractivity contribution is 7.14. The number of carbonyl (C=O) groups is 4. The van der Waals surface area contributed by atoms with Gasteiger partial charge in [-0.05, 0) is 13.3 Å². The summed E-state index contributed by atoms with van der Waals surface area (Å²) in [4.78, 5) is 52.0. The molecule has 0 aromatic carbocycles. The standard InChI is InChI=1S/C15H20N4O5S/c1-2-16-11(20)7-17-12(21)8-24-14(23)6-10-9-25-15(18-10)19-5-3-4-13(19)22/h9H,2-8H2,1H3,(H,16,20)(H,17,21). The molecule has 2 N–H and O–H groups in total. The third-order valence-corrected chi connectivity index (χ3v) is 4.27. The summed E-state index contributed by atoms with van der Waals surface area (Å²) in [5.41, 5.74) is 0.493. The predicted molar refractivity (Wildman–Crippen MR) is 90.1 cm³/mol. The van der Waals surface area contributed by atoms with Crippen molar-refractivity contribution in [3.8, 4) is 0 Å². The normalized spacial score (nSPS) is 13.6. The highest BCUT2D eigenvalue weighted by Gasteiger charge is 2.24. The number of ether oxygens (including phenoxy) is 1. The summed E-state index contributed by atoms with van der Waals surface area (Å²) in [6.07, 6.45) is 1.24. The minimum absolute atomic E-state index is 0.0345. The monoisotopic (exact) mass is 368 g/mol. The summed E-state index contributed by atoms with van der Waals surface area (Å²) >= 11 is 1.30. The van der Waals surface area contributed by atoms with Gasteiger partial charge in [-0.25, -0.2) is 4.98 Å². The fourth-order valence-corrected chi connectivity index (χ4v) is 3.05. The number of amides is 3. The molecule has 1 aliphatic heterocycles. The zero-order valence-corrected chi connectivity index (χ0v) is 14.7. The molecule has 1 fully saturated rings. The van der Waals surface area contributed by atoms with Crippen LogP contribution in [0.25, 0.3) is 0 Å². The fraction of sp³-hybridized carbons (Fsp3) is 0.533. The summed E-state index contributed by atoms with van der Waals surface area (Å²) in [6, 6.07) is 0. The summed E-state index contributed by atoms with van der Waals surface area (Å²) in [7, 11) is 0. The van der Waals surface area contributed by atoms with Crippen LogP contribution in [0.4, 0.5) is 5.13 Å². The minimum atomic E-state index is -0.599. The lowest BCUT2D eigenvalue weighted by Gasteiger charge is -2.10. The van der Waals surface area contributed by atoms with Crippen LogP contribution in [0.2, 0.25) is 0 Å². The fourth-order valence-electron chi connectivity index (χ4n) is 2.19. The molecular weight excluding hydrogens is 348 g/mol. The van der Waals surface area contributed by atoms with Gasteiger partial charge in [-0.15, -0.1) is 11.3 Å². The largest absolute Gasteiger partial charge is 0.455 e. The second-order valence-corrected chi connectivity index (χ2v) is 6.17. The lowest BCUT2D eigenvalue weighted by atomic mass is 10.3. The molecule has 0 spiro atoms. The quantitative estimate of drug-likeness (QED) is 0.603. The van der Waals surface area contributed by atoms with Crippen molar-refractivity contribution in [2.24, 2.45) is 0 Å². The lowest BCUT2D eigenvalue weighted by molar-refractivity contribution is -0.148. The van der Waals surface area contributed by atoms with Crippen molar-refractivity contribution >= 4 is 40.2 Å². The number of esters is 1. The van der Waals surface area contributed by atoms with Gasteiger partial charge in [-0.2, -0.15) is 0 Å². The molecule has 1 saturated heterocycles. The Morgan fingerprint density at radius 1 is 1.32 bits per heavy atom. The lowest BCUT2D eigenvalue weighted by Crippen LogP contribution is -2.38. The Kier molecular flexibility index (Phi) is 6.87. The van der Waals surface area contributed by atoms with Gasteiger partial charge >= 0.3 is 5.97 Å². The first kappa shape index (κ1) is 18.8. The molecule has 1 aliphatic rings. The Hall–Kier alpha value is -2.49. The van der Waals surface area contributed by atoms with Crippen LogP contribution in [0.5, 0.6) is 0 Å². The van der Waals surface area contributed by atoms with Gasteiger partial charge in [0.2, 0.25) is 11.8 Å². The van der Waals surface area contributed by atoms with Crippen LogP contribution < -0.4 is 15.5 Å². The van der Waals surface area contributed by atoms with Gasteiger partial charge < -0.3 is 15.4 Å². The van der Waals surface area contributed by atoms with Crippen molar-refractivity contribution in [1.29, 1.82) is 0 Å². The van der Waals surface area contributed by atoms with E-state index >= 15 is 0 Å². The van der Waals surface area contributed by atoms with Crippen LogP contribution >= 0.6 is 11.3 Å². The van der Waals surface area contributed by atoms with E-state index in [-0.39, 0.29) is 24.8 Å². The van der Waals surface area contributed by atoms with E-state index in [0.717, 1.165) is 6.42 Å². The molecule has 25 heavy (non-hydrogen) atoms. The van der Waals surface area contributed by atoms with E-state index < -0.39 is 18.5 Å². The number of carbonyl (C=O) groups excluding carboxylic acids is 4. The van der Waals surface area contributed by atoms with E-state index in [9.17, 15) is 19.2 Å². The van der Waals surface area contributed by atoms with Gasteiger partial charge in [0.25, 0.3) is 5.91 Å². The average molecular weight is 368 g/mol. The molecule has 136 valence electrons. The smallest absolute Gasteiger partial charge is 0.312 e. The van der Waals surface area contributed by atoms with Gasteiger partial charge in [0, 0.05) is 24.9 Å². The van der Waals surface area contributed by atoms with Crippen molar-refractivity contribution in [2.75, 3.05) is 31.1 Å². The average Bonchev–Trinajstić information content (AvgIpc) is 3.20. The van der Waals surface area contributed by atoms with Gasteiger partial charge in [0.05, 0.1) is 18.7 Å². The second-order valence-electron chi connectivity index (χ2n) is 5.34. The molecule has 0 unspecified atom stereocenters. The highest BCUT2D eigenvalue weighted by atomic mass is 32.1. The van der Waals surface area contributed by atoms with Crippen LogP contribution in [-0.4, -0.2) is 54.9 Å². The van der Waals surface area contributed by atoms with Gasteiger partial charge in [-0.1, -0.05) is 0 Å². The van der Waals surface area contributed by atoms with Crippen LogP contribution in [-0.2, 0) is 30.3 Å². The van der Waals surface area contributed by atoms with Gasteiger partial charge in [0.15, 0.2) is 11.7 Å². The second kappa shape index (κ2) is 9.11. The number of thiazole rings is 1. The first-order valence-electron chi connectivity index (χ1n) is 7.93. The van der Waals surface area contributed by atoms with Crippen LogP contribution in [0, 0.1) is 0 Å². The van der Waals surface area contributed by atoms with E-state index in [4.69, 9.17) is 4.74 Å². The van der Waals surface area contributed by atoms with E-state index in [0.29, 0.717) is 30.3 Å². The molecular formula is C15H20N4O5S. The van der Waals surface area contributed by atoms with Crippen LogP contribution in [0.15, 0.2) is 5.38 Å². The molecule has 1 aromatic heterocycles. The first-order valence-corrected chi connectivity index (χ1v) is 8.81. The van der Waals surface area contributed by atoms with Crippen molar-refractivity contribution in [3.05, 3.63) is 11.1 Å². The van der Waals surface area contributed by atoms with E-state index in [1.165, 1.54) is 11.3 Å². The van der Waals surface area contributed by atoms with E-state index in [1.807, 2.05) is 0 Å². The Morgan fingerprint density at radius 2 is 2.12 bits per heavy atom. The number of nitrogens with zero attached hydrogens (tertiary/aromatic N) is 2. The summed E-state index contributed by atoms with van der Waals surface area (Å²) in [6.45, 7) is 2.26. The Bertz CT molecular complexity index is 660. The molecule has 0 bridgehead atoms. The number of nitrogens with one attached hydrogen (secondary N) is 2.